The molecule has 0 aromatic carbocycles. The van der Waals surface area contributed by atoms with E-state index in [2.05, 4.69) is 4.90 Å². The van der Waals surface area contributed by atoms with Crippen molar-refractivity contribution in [3.05, 3.63) is 23.1 Å². The van der Waals surface area contributed by atoms with Crippen molar-refractivity contribution in [2.75, 3.05) is 33.3 Å². The molecule has 0 N–H and O–H groups in total. The average Bonchev–Trinajstić information content (AvgIpc) is 2.93. The Labute approximate surface area is 117 Å². The van der Waals surface area contributed by atoms with Crippen LogP contribution in [0.25, 0.3) is 0 Å². The van der Waals surface area contributed by atoms with Crippen molar-refractivity contribution in [1.82, 2.24) is 9.80 Å². The van der Waals surface area contributed by atoms with Gasteiger partial charge >= 0.3 is 0 Å². The molecular weight excluding hydrogens is 268 g/mol. The minimum atomic E-state index is -0.209. The molecule has 2 fully saturated rings. The molecule has 0 saturated carbocycles. The number of hydrogen-bond acceptors (Lipinski definition) is 4. The molecule has 3 rings (SSSR count). The first-order chi connectivity index (χ1) is 9.06. The van der Waals surface area contributed by atoms with Gasteiger partial charge in [-0.1, -0.05) is 0 Å². The second-order valence-corrected chi connectivity index (χ2v) is 5.76. The van der Waals surface area contributed by atoms with Gasteiger partial charge in [-0.15, -0.1) is 0 Å². The Balaban J connectivity index is 1.62. The lowest BCUT2D eigenvalue weighted by atomic mass is 10.0. The second-order valence-electron chi connectivity index (χ2n) is 5.39. The molecule has 1 aromatic heterocycles. The maximum Gasteiger partial charge on any atom is 0.248 e. The number of furan rings is 1. The van der Waals surface area contributed by atoms with Crippen molar-refractivity contribution in [3.63, 3.8) is 0 Å². The Morgan fingerprint density at radius 3 is 2.95 bits per heavy atom. The highest BCUT2D eigenvalue weighted by Gasteiger charge is 2.44. The Kier molecular flexibility index (Phi) is 3.28. The van der Waals surface area contributed by atoms with E-state index in [1.54, 1.807) is 11.0 Å². The predicted molar refractivity (Wildman–Crippen MR) is 69.9 cm³/mol. The molecule has 1 spiro atoms. The zero-order chi connectivity index (χ0) is 13.5. The molecule has 1 amide bonds. The number of carbonyl (C=O) groups excluding carboxylic acids is 1. The lowest BCUT2D eigenvalue weighted by Crippen LogP contribution is -2.54. The van der Waals surface area contributed by atoms with Crippen molar-refractivity contribution in [2.45, 2.75) is 18.6 Å². The highest BCUT2D eigenvalue weighted by Crippen LogP contribution is 2.30. The zero-order valence-electron chi connectivity index (χ0n) is 10.9. The van der Waals surface area contributed by atoms with Crippen LogP contribution in [0.2, 0.25) is 5.22 Å². The smallest absolute Gasteiger partial charge is 0.248 e. The molecule has 2 aliphatic heterocycles. The molecule has 2 saturated heterocycles. The number of nitrogens with zero attached hydrogens (tertiary/aromatic N) is 2. The Morgan fingerprint density at radius 2 is 2.26 bits per heavy atom. The summed E-state index contributed by atoms with van der Waals surface area (Å²) in [5, 5.41) is 0.420. The monoisotopic (exact) mass is 284 g/mol. The van der Waals surface area contributed by atoms with Crippen LogP contribution in [-0.4, -0.2) is 54.6 Å². The van der Waals surface area contributed by atoms with Gasteiger partial charge in [0.15, 0.2) is 5.22 Å². The number of likely N-dealkylation sites (tertiary alicyclic amines) is 1. The molecule has 6 heteroatoms. The molecular formula is C13H17ClN2O3. The third kappa shape index (κ3) is 2.63. The summed E-state index contributed by atoms with van der Waals surface area (Å²) in [5.74, 6) is 0.921. The van der Waals surface area contributed by atoms with Crippen molar-refractivity contribution < 1.29 is 13.9 Å². The number of likely N-dealkylation sites (N-methyl/N-ethyl adjacent to an activating group) is 1. The molecule has 3 heterocycles. The molecule has 0 unspecified atom stereocenters. The second kappa shape index (κ2) is 4.81. The Morgan fingerprint density at radius 1 is 1.42 bits per heavy atom. The largest absolute Gasteiger partial charge is 0.448 e. The van der Waals surface area contributed by atoms with Crippen LogP contribution in [0.3, 0.4) is 0 Å². The molecule has 0 aliphatic carbocycles. The van der Waals surface area contributed by atoms with Crippen molar-refractivity contribution in [3.8, 4) is 0 Å². The van der Waals surface area contributed by atoms with Crippen LogP contribution >= 0.6 is 11.6 Å². The molecule has 0 bridgehead atoms. The van der Waals surface area contributed by atoms with Crippen LogP contribution in [0.4, 0.5) is 0 Å². The topological polar surface area (TPSA) is 45.9 Å². The SMILES string of the molecule is CN1C[C@@]2(CCN(Cc3ccc(Cl)o3)C2)OCC1=O. The molecule has 0 radical (unpaired) electrons. The summed E-state index contributed by atoms with van der Waals surface area (Å²) >= 11 is 5.77. The van der Waals surface area contributed by atoms with Gasteiger partial charge in [-0.05, 0) is 30.2 Å². The third-order valence-corrected chi connectivity index (χ3v) is 4.06. The Bertz CT molecular complexity index is 490. The number of ether oxygens (including phenoxy) is 1. The van der Waals surface area contributed by atoms with Crippen LogP contribution in [0, 0.1) is 0 Å². The quantitative estimate of drug-likeness (QED) is 0.823. The van der Waals surface area contributed by atoms with Crippen LogP contribution in [0.1, 0.15) is 12.2 Å². The van der Waals surface area contributed by atoms with Gasteiger partial charge in [0.05, 0.1) is 13.1 Å². The third-order valence-electron chi connectivity index (χ3n) is 3.86. The maximum absolute atomic E-state index is 11.5. The fourth-order valence-corrected chi connectivity index (χ4v) is 3.02. The molecule has 1 atom stereocenters. The van der Waals surface area contributed by atoms with Gasteiger partial charge in [-0.25, -0.2) is 0 Å². The first-order valence-corrected chi connectivity index (χ1v) is 6.79. The van der Waals surface area contributed by atoms with Gasteiger partial charge in [0.1, 0.15) is 18.0 Å². The summed E-state index contributed by atoms with van der Waals surface area (Å²) in [7, 11) is 1.83. The fourth-order valence-electron chi connectivity index (χ4n) is 2.86. The zero-order valence-corrected chi connectivity index (χ0v) is 11.7. The van der Waals surface area contributed by atoms with Crippen molar-refractivity contribution in [1.29, 1.82) is 0 Å². The number of halogens is 1. The van der Waals surface area contributed by atoms with Gasteiger partial charge in [0.25, 0.3) is 0 Å². The molecule has 19 heavy (non-hydrogen) atoms. The van der Waals surface area contributed by atoms with E-state index in [4.69, 9.17) is 20.8 Å². The van der Waals surface area contributed by atoms with E-state index >= 15 is 0 Å². The van der Waals surface area contributed by atoms with E-state index in [1.807, 2.05) is 13.1 Å². The lowest BCUT2D eigenvalue weighted by molar-refractivity contribution is -0.159. The van der Waals surface area contributed by atoms with Crippen LogP contribution in [0.5, 0.6) is 0 Å². The normalized spacial score (nSPS) is 28.5. The Hall–Kier alpha value is -1.04. The van der Waals surface area contributed by atoms with E-state index < -0.39 is 0 Å². The van der Waals surface area contributed by atoms with Crippen molar-refractivity contribution >= 4 is 17.5 Å². The first-order valence-electron chi connectivity index (χ1n) is 6.41. The van der Waals surface area contributed by atoms with E-state index in [1.165, 1.54) is 0 Å². The van der Waals surface area contributed by atoms with Crippen LogP contribution in [-0.2, 0) is 16.1 Å². The number of hydrogen-bond donors (Lipinski definition) is 0. The summed E-state index contributed by atoms with van der Waals surface area (Å²) in [6.07, 6.45) is 0.944. The summed E-state index contributed by atoms with van der Waals surface area (Å²) in [4.78, 5) is 15.5. The molecule has 1 aromatic rings. The van der Waals surface area contributed by atoms with Gasteiger partial charge < -0.3 is 14.1 Å². The van der Waals surface area contributed by atoms with E-state index in [-0.39, 0.29) is 18.1 Å². The van der Waals surface area contributed by atoms with Crippen molar-refractivity contribution in [2.24, 2.45) is 0 Å². The van der Waals surface area contributed by atoms with E-state index in [0.717, 1.165) is 31.8 Å². The number of carbonyl (C=O) groups is 1. The van der Waals surface area contributed by atoms with Gasteiger partial charge in [-0.2, -0.15) is 0 Å². The molecule has 5 nitrogen and oxygen atoms in total. The van der Waals surface area contributed by atoms with Gasteiger partial charge in [0.2, 0.25) is 5.91 Å². The number of amides is 1. The highest BCUT2D eigenvalue weighted by molar-refractivity contribution is 6.28. The summed E-state index contributed by atoms with van der Waals surface area (Å²) in [6.45, 7) is 3.36. The first kappa shape index (κ1) is 13.0. The van der Waals surface area contributed by atoms with E-state index in [9.17, 15) is 4.79 Å². The number of morpholine rings is 1. The lowest BCUT2D eigenvalue weighted by Gasteiger charge is -2.38. The van der Waals surface area contributed by atoms with Crippen LogP contribution < -0.4 is 0 Å². The maximum atomic E-state index is 11.5. The van der Waals surface area contributed by atoms with Crippen LogP contribution in [0.15, 0.2) is 16.5 Å². The summed E-state index contributed by atoms with van der Waals surface area (Å²) < 4.78 is 11.2. The highest BCUT2D eigenvalue weighted by atomic mass is 35.5. The molecule has 104 valence electrons. The standard InChI is InChI=1S/C13H17ClN2O3/c1-15-8-13(18-7-12(15)17)4-5-16(9-13)6-10-2-3-11(14)19-10/h2-3H,4-9H2,1H3/t13-/m1/s1. The van der Waals surface area contributed by atoms with Gasteiger partial charge in [-0.3, -0.25) is 9.69 Å². The number of rotatable bonds is 2. The summed E-state index contributed by atoms with van der Waals surface area (Å²) in [5.41, 5.74) is -0.209. The predicted octanol–water partition coefficient (Wildman–Crippen LogP) is 1.37. The fraction of sp³-hybridized carbons (Fsp3) is 0.615. The minimum absolute atomic E-state index is 0.0573. The summed E-state index contributed by atoms with van der Waals surface area (Å²) in [6, 6.07) is 3.65. The molecule has 2 aliphatic rings. The van der Waals surface area contributed by atoms with E-state index in [0.29, 0.717) is 11.8 Å². The van der Waals surface area contributed by atoms with Gasteiger partial charge in [0, 0.05) is 20.1 Å². The average molecular weight is 285 g/mol. The minimum Gasteiger partial charge on any atom is -0.448 e.